The number of alkyl halides is 2. The summed E-state index contributed by atoms with van der Waals surface area (Å²) in [6.45, 7) is 0.209. The first-order chi connectivity index (χ1) is 15.4. The second-order valence-corrected chi connectivity index (χ2v) is 8.70. The summed E-state index contributed by atoms with van der Waals surface area (Å²) in [5, 5.41) is 11.1. The molecule has 0 aliphatic heterocycles. The highest BCUT2D eigenvalue weighted by atomic mass is 35.5. The average molecular weight is 466 g/mol. The van der Waals surface area contributed by atoms with Crippen LogP contribution in [0.15, 0.2) is 28.8 Å². The van der Waals surface area contributed by atoms with Crippen molar-refractivity contribution in [1.29, 1.82) is 0 Å². The summed E-state index contributed by atoms with van der Waals surface area (Å²) >= 11 is 6.22. The zero-order valence-corrected chi connectivity index (χ0v) is 17.6. The molecule has 168 valence electrons. The van der Waals surface area contributed by atoms with E-state index in [1.165, 1.54) is 12.1 Å². The van der Waals surface area contributed by atoms with Gasteiger partial charge in [-0.05, 0) is 55.4 Å². The molecule has 2 saturated carbocycles. The number of aromatic nitrogens is 4. The number of carbonyl (C=O) groups is 1. The van der Waals surface area contributed by atoms with Crippen LogP contribution in [0.25, 0.3) is 11.6 Å². The zero-order chi connectivity index (χ0) is 22.5. The first-order valence-electron chi connectivity index (χ1n) is 10.3. The number of amides is 1. The van der Waals surface area contributed by atoms with Crippen LogP contribution in [0.4, 0.5) is 13.2 Å². The van der Waals surface area contributed by atoms with E-state index in [0.29, 0.717) is 36.7 Å². The van der Waals surface area contributed by atoms with Gasteiger partial charge in [-0.3, -0.25) is 9.48 Å². The lowest BCUT2D eigenvalue weighted by Gasteiger charge is -2.12. The molecule has 0 bridgehead atoms. The third-order valence-electron chi connectivity index (χ3n) is 5.88. The molecular weight excluding hydrogens is 447 g/mol. The van der Waals surface area contributed by atoms with Gasteiger partial charge in [-0.25, -0.2) is 13.2 Å². The minimum Gasteiger partial charge on any atom is -0.354 e. The molecule has 3 aromatic rings. The quantitative estimate of drug-likeness (QED) is 0.537. The highest BCUT2D eigenvalue weighted by molar-refractivity contribution is 6.31. The second kappa shape index (κ2) is 7.91. The summed E-state index contributed by atoms with van der Waals surface area (Å²) in [5.74, 6) is -0.0695. The summed E-state index contributed by atoms with van der Waals surface area (Å²) in [4.78, 5) is 16.5. The maximum Gasteiger partial charge on any atom is 0.280 e. The van der Waals surface area contributed by atoms with E-state index in [9.17, 15) is 18.0 Å². The number of hydrogen-bond acceptors (Lipinski definition) is 5. The SMILES string of the molecule is O=C(Cn1nc(-c2nc(C3(c4ccc(F)cc4Cl)CC3)no2)cc1C(F)F)NCC1CC1. The molecule has 1 aromatic carbocycles. The lowest BCUT2D eigenvalue weighted by atomic mass is 9.95. The Balaban J connectivity index is 1.39. The molecule has 0 atom stereocenters. The van der Waals surface area contributed by atoms with Gasteiger partial charge in [0.05, 0.1) is 5.41 Å². The predicted octanol–water partition coefficient (Wildman–Crippen LogP) is 4.27. The van der Waals surface area contributed by atoms with E-state index in [1.807, 2.05) is 0 Å². The molecule has 0 radical (unpaired) electrons. The highest BCUT2D eigenvalue weighted by Gasteiger charge is 2.51. The van der Waals surface area contributed by atoms with E-state index in [1.54, 1.807) is 6.07 Å². The number of carbonyl (C=O) groups excluding carboxylic acids is 1. The molecule has 5 rings (SSSR count). The van der Waals surface area contributed by atoms with Gasteiger partial charge in [0.2, 0.25) is 5.91 Å². The Morgan fingerprint density at radius 1 is 1.31 bits per heavy atom. The van der Waals surface area contributed by atoms with Crippen molar-refractivity contribution in [1.82, 2.24) is 25.2 Å². The minimum atomic E-state index is -2.83. The molecule has 2 aliphatic rings. The van der Waals surface area contributed by atoms with Crippen LogP contribution < -0.4 is 5.32 Å². The Bertz CT molecular complexity index is 1170. The van der Waals surface area contributed by atoms with E-state index in [4.69, 9.17) is 16.1 Å². The molecule has 1 amide bonds. The molecular formula is C21H19ClF3N5O2. The Morgan fingerprint density at radius 2 is 2.09 bits per heavy atom. The van der Waals surface area contributed by atoms with Gasteiger partial charge in [0.25, 0.3) is 12.3 Å². The normalized spacial score (nSPS) is 17.0. The summed E-state index contributed by atoms with van der Waals surface area (Å²) in [7, 11) is 0. The van der Waals surface area contributed by atoms with Crippen LogP contribution in [-0.2, 0) is 16.8 Å². The topological polar surface area (TPSA) is 85.8 Å². The van der Waals surface area contributed by atoms with Crippen molar-refractivity contribution in [3.8, 4) is 11.6 Å². The fraction of sp³-hybridized carbons (Fsp3) is 0.429. The molecule has 0 spiro atoms. The van der Waals surface area contributed by atoms with Crippen LogP contribution >= 0.6 is 11.6 Å². The number of hydrogen-bond donors (Lipinski definition) is 1. The highest BCUT2D eigenvalue weighted by Crippen LogP contribution is 2.54. The van der Waals surface area contributed by atoms with Crippen molar-refractivity contribution >= 4 is 17.5 Å². The summed E-state index contributed by atoms with van der Waals surface area (Å²) in [6.07, 6.45) is 0.685. The van der Waals surface area contributed by atoms with Gasteiger partial charge >= 0.3 is 0 Å². The molecule has 2 aromatic heterocycles. The van der Waals surface area contributed by atoms with Crippen LogP contribution in [0.3, 0.4) is 0 Å². The lowest BCUT2D eigenvalue weighted by Crippen LogP contribution is -2.30. The van der Waals surface area contributed by atoms with Crippen LogP contribution in [0, 0.1) is 11.7 Å². The lowest BCUT2D eigenvalue weighted by molar-refractivity contribution is -0.122. The second-order valence-electron chi connectivity index (χ2n) is 8.29. The predicted molar refractivity (Wildman–Crippen MR) is 108 cm³/mol. The Kier molecular flexibility index (Phi) is 5.19. The van der Waals surface area contributed by atoms with Gasteiger partial charge in [0.1, 0.15) is 18.1 Å². The van der Waals surface area contributed by atoms with Crippen LogP contribution in [0.2, 0.25) is 5.02 Å². The smallest absolute Gasteiger partial charge is 0.280 e. The average Bonchev–Trinajstić information content (AvgIpc) is 3.64. The summed E-state index contributed by atoms with van der Waals surface area (Å²) in [6, 6.07) is 5.26. The van der Waals surface area contributed by atoms with E-state index in [2.05, 4.69) is 20.6 Å². The molecule has 2 fully saturated rings. The minimum absolute atomic E-state index is 0.0384. The van der Waals surface area contributed by atoms with Crippen molar-refractivity contribution in [2.45, 2.75) is 44.1 Å². The molecule has 2 aliphatic carbocycles. The Morgan fingerprint density at radius 3 is 2.75 bits per heavy atom. The van der Waals surface area contributed by atoms with E-state index in [0.717, 1.165) is 23.6 Å². The Hall–Kier alpha value is -2.88. The molecule has 0 unspecified atom stereocenters. The van der Waals surface area contributed by atoms with Gasteiger partial charge < -0.3 is 9.84 Å². The third-order valence-corrected chi connectivity index (χ3v) is 6.20. The van der Waals surface area contributed by atoms with Gasteiger partial charge in [0.15, 0.2) is 11.5 Å². The molecule has 2 heterocycles. The van der Waals surface area contributed by atoms with Gasteiger partial charge in [0, 0.05) is 11.6 Å². The van der Waals surface area contributed by atoms with Crippen molar-refractivity contribution < 1.29 is 22.5 Å². The van der Waals surface area contributed by atoms with Crippen LogP contribution in [0.5, 0.6) is 0 Å². The maximum atomic E-state index is 13.5. The first-order valence-corrected chi connectivity index (χ1v) is 10.7. The first kappa shape index (κ1) is 21.0. The Labute approximate surface area is 185 Å². The maximum absolute atomic E-state index is 13.5. The third kappa shape index (κ3) is 3.99. The molecule has 1 N–H and O–H groups in total. The van der Waals surface area contributed by atoms with Crippen molar-refractivity contribution in [2.24, 2.45) is 5.92 Å². The van der Waals surface area contributed by atoms with E-state index >= 15 is 0 Å². The monoisotopic (exact) mass is 465 g/mol. The molecule has 32 heavy (non-hydrogen) atoms. The molecule has 11 heteroatoms. The van der Waals surface area contributed by atoms with Gasteiger partial charge in [-0.15, -0.1) is 0 Å². The standard InChI is InChI=1S/C21H19ClF3N5O2/c22-14-7-12(23)3-4-13(14)21(5-6-21)20-27-19(32-29-20)15-8-16(18(24)25)30(28-15)10-17(31)26-9-11-1-2-11/h3-4,7-8,11,18H,1-2,5-6,9-10H2,(H,26,31). The van der Waals surface area contributed by atoms with E-state index < -0.39 is 23.4 Å². The number of nitrogens with one attached hydrogen (secondary N) is 1. The van der Waals surface area contributed by atoms with Gasteiger partial charge in [-0.2, -0.15) is 10.1 Å². The largest absolute Gasteiger partial charge is 0.354 e. The molecule has 7 nitrogen and oxygen atoms in total. The summed E-state index contributed by atoms with van der Waals surface area (Å²) in [5.41, 5.74) is -0.290. The van der Waals surface area contributed by atoms with Gasteiger partial charge in [-0.1, -0.05) is 22.8 Å². The van der Waals surface area contributed by atoms with E-state index in [-0.39, 0.29) is 29.1 Å². The number of nitrogens with zero attached hydrogens (tertiary/aromatic N) is 4. The fourth-order valence-corrected chi connectivity index (χ4v) is 4.10. The zero-order valence-electron chi connectivity index (χ0n) is 16.8. The number of halogens is 4. The van der Waals surface area contributed by atoms with Crippen molar-refractivity contribution in [3.63, 3.8) is 0 Å². The summed E-state index contributed by atoms with van der Waals surface area (Å²) < 4.78 is 46.8. The fourth-order valence-electron chi connectivity index (χ4n) is 3.75. The number of benzene rings is 1. The molecule has 0 saturated heterocycles. The van der Waals surface area contributed by atoms with Crippen LogP contribution in [-0.4, -0.2) is 32.4 Å². The van der Waals surface area contributed by atoms with Crippen molar-refractivity contribution in [3.05, 3.63) is 52.2 Å². The van der Waals surface area contributed by atoms with Crippen molar-refractivity contribution in [2.75, 3.05) is 6.54 Å². The number of rotatable bonds is 8. The van der Waals surface area contributed by atoms with Crippen LogP contribution in [0.1, 0.15) is 49.2 Å².